The van der Waals surface area contributed by atoms with Gasteiger partial charge in [-0.2, -0.15) is 16.4 Å². The van der Waals surface area contributed by atoms with Gasteiger partial charge in [-0.25, -0.2) is 0 Å². The highest BCUT2D eigenvalue weighted by molar-refractivity contribution is 7.08. The molecule has 2 rings (SSSR count). The maximum absolute atomic E-state index is 11.2. The van der Waals surface area contributed by atoms with E-state index in [0.717, 1.165) is 5.56 Å². The standard InChI is InChI=1S/C13H17N3OS/c1-10(17)14-9-13(2,11-4-5-18-8-11)12-6-15-16(3)7-12/h4-8H,9H2,1-3H3,(H,14,17). The lowest BCUT2D eigenvalue weighted by Gasteiger charge is -2.28. The van der Waals surface area contributed by atoms with E-state index in [4.69, 9.17) is 0 Å². The van der Waals surface area contributed by atoms with Crippen LogP contribution in [0.4, 0.5) is 0 Å². The second-order valence-corrected chi connectivity index (χ2v) is 5.44. The van der Waals surface area contributed by atoms with E-state index in [1.165, 1.54) is 12.5 Å². The molecule has 1 amide bonds. The Labute approximate surface area is 111 Å². The Kier molecular flexibility index (Phi) is 3.52. The van der Waals surface area contributed by atoms with Crippen LogP contribution in [0.3, 0.4) is 0 Å². The molecule has 0 aliphatic carbocycles. The summed E-state index contributed by atoms with van der Waals surface area (Å²) in [6, 6.07) is 2.10. The van der Waals surface area contributed by atoms with Crippen molar-refractivity contribution >= 4 is 17.2 Å². The highest BCUT2D eigenvalue weighted by Gasteiger charge is 2.30. The van der Waals surface area contributed by atoms with Gasteiger partial charge in [-0.15, -0.1) is 0 Å². The first-order chi connectivity index (χ1) is 8.52. The van der Waals surface area contributed by atoms with Gasteiger partial charge in [0.15, 0.2) is 0 Å². The molecule has 0 saturated heterocycles. The van der Waals surface area contributed by atoms with Gasteiger partial charge in [0.2, 0.25) is 5.91 Å². The van der Waals surface area contributed by atoms with Crippen LogP contribution in [0, 0.1) is 0 Å². The molecular formula is C13H17N3OS. The third-order valence-corrected chi connectivity index (χ3v) is 3.87. The molecule has 1 unspecified atom stereocenters. The highest BCUT2D eigenvalue weighted by atomic mass is 32.1. The normalized spacial score (nSPS) is 14.2. The predicted molar refractivity (Wildman–Crippen MR) is 72.7 cm³/mol. The molecule has 0 saturated carbocycles. The first kappa shape index (κ1) is 12.8. The largest absolute Gasteiger partial charge is 0.355 e. The molecule has 0 aromatic carbocycles. The monoisotopic (exact) mass is 263 g/mol. The molecule has 0 bridgehead atoms. The van der Waals surface area contributed by atoms with Crippen molar-refractivity contribution in [3.8, 4) is 0 Å². The number of rotatable bonds is 4. The van der Waals surface area contributed by atoms with Crippen molar-refractivity contribution in [3.63, 3.8) is 0 Å². The van der Waals surface area contributed by atoms with Crippen LogP contribution < -0.4 is 5.32 Å². The number of nitrogens with zero attached hydrogens (tertiary/aromatic N) is 2. The number of nitrogens with one attached hydrogen (secondary N) is 1. The van der Waals surface area contributed by atoms with Gasteiger partial charge in [-0.3, -0.25) is 9.48 Å². The molecule has 0 fully saturated rings. The van der Waals surface area contributed by atoms with Gasteiger partial charge in [0, 0.05) is 37.7 Å². The van der Waals surface area contributed by atoms with Gasteiger partial charge in [0.25, 0.3) is 0 Å². The van der Waals surface area contributed by atoms with Crippen molar-refractivity contribution in [2.75, 3.05) is 6.54 Å². The molecule has 2 heterocycles. The van der Waals surface area contributed by atoms with Crippen LogP contribution >= 0.6 is 11.3 Å². The number of carbonyl (C=O) groups is 1. The molecule has 0 spiro atoms. The average molecular weight is 263 g/mol. The van der Waals surface area contributed by atoms with E-state index in [1.807, 2.05) is 19.4 Å². The number of carbonyl (C=O) groups excluding carboxylic acids is 1. The van der Waals surface area contributed by atoms with Crippen molar-refractivity contribution in [1.29, 1.82) is 0 Å². The molecule has 2 aromatic rings. The topological polar surface area (TPSA) is 46.9 Å². The van der Waals surface area contributed by atoms with Crippen molar-refractivity contribution in [1.82, 2.24) is 15.1 Å². The molecule has 0 aliphatic rings. The number of amides is 1. The summed E-state index contributed by atoms with van der Waals surface area (Å²) < 4.78 is 1.79. The number of hydrogen-bond donors (Lipinski definition) is 1. The van der Waals surface area contributed by atoms with Crippen LogP contribution in [0.1, 0.15) is 25.0 Å². The van der Waals surface area contributed by atoms with Crippen LogP contribution in [-0.2, 0) is 17.3 Å². The van der Waals surface area contributed by atoms with Crippen LogP contribution in [0.15, 0.2) is 29.2 Å². The predicted octanol–water partition coefficient (Wildman–Crippen LogP) is 1.92. The molecule has 0 aliphatic heterocycles. The maximum Gasteiger partial charge on any atom is 0.216 e. The number of thiophene rings is 1. The first-order valence-corrected chi connectivity index (χ1v) is 6.73. The summed E-state index contributed by atoms with van der Waals surface area (Å²) in [5.41, 5.74) is 2.08. The Hall–Kier alpha value is -1.62. The summed E-state index contributed by atoms with van der Waals surface area (Å²) in [6.45, 7) is 4.24. The van der Waals surface area contributed by atoms with E-state index in [1.54, 1.807) is 16.0 Å². The van der Waals surface area contributed by atoms with E-state index >= 15 is 0 Å². The van der Waals surface area contributed by atoms with Crippen molar-refractivity contribution in [2.24, 2.45) is 7.05 Å². The van der Waals surface area contributed by atoms with Gasteiger partial charge in [0.05, 0.1) is 6.20 Å². The van der Waals surface area contributed by atoms with E-state index in [2.05, 4.69) is 34.2 Å². The van der Waals surface area contributed by atoms with Gasteiger partial charge < -0.3 is 5.32 Å². The lowest BCUT2D eigenvalue weighted by atomic mass is 9.79. The van der Waals surface area contributed by atoms with Crippen LogP contribution in [0.25, 0.3) is 0 Å². The molecule has 1 atom stereocenters. The number of aromatic nitrogens is 2. The molecule has 96 valence electrons. The Bertz CT molecular complexity index is 532. The van der Waals surface area contributed by atoms with Crippen molar-refractivity contribution in [3.05, 3.63) is 40.3 Å². The van der Waals surface area contributed by atoms with E-state index in [-0.39, 0.29) is 11.3 Å². The molecule has 2 aromatic heterocycles. The Morgan fingerprint density at radius 1 is 1.56 bits per heavy atom. The Balaban J connectivity index is 2.36. The van der Waals surface area contributed by atoms with Gasteiger partial charge in [-0.1, -0.05) is 0 Å². The second-order valence-electron chi connectivity index (χ2n) is 4.66. The molecular weight excluding hydrogens is 246 g/mol. The zero-order chi connectivity index (χ0) is 13.2. The highest BCUT2D eigenvalue weighted by Crippen LogP contribution is 2.32. The van der Waals surface area contributed by atoms with Gasteiger partial charge in [-0.05, 0) is 29.3 Å². The summed E-state index contributed by atoms with van der Waals surface area (Å²) in [4.78, 5) is 11.2. The minimum absolute atomic E-state index is 0.0136. The minimum Gasteiger partial charge on any atom is -0.355 e. The van der Waals surface area contributed by atoms with E-state index in [9.17, 15) is 4.79 Å². The molecule has 5 heteroatoms. The Morgan fingerprint density at radius 3 is 2.83 bits per heavy atom. The maximum atomic E-state index is 11.2. The average Bonchev–Trinajstić information content (AvgIpc) is 2.96. The Morgan fingerprint density at radius 2 is 2.33 bits per heavy atom. The second kappa shape index (κ2) is 4.94. The van der Waals surface area contributed by atoms with E-state index < -0.39 is 0 Å². The molecule has 0 radical (unpaired) electrons. The summed E-state index contributed by atoms with van der Waals surface area (Å²) in [6.07, 6.45) is 3.86. The summed E-state index contributed by atoms with van der Waals surface area (Å²) in [5, 5.41) is 11.3. The van der Waals surface area contributed by atoms with Crippen LogP contribution in [0.5, 0.6) is 0 Å². The lowest BCUT2D eigenvalue weighted by Crippen LogP contribution is -2.38. The van der Waals surface area contributed by atoms with Crippen LogP contribution in [-0.4, -0.2) is 22.2 Å². The summed E-state index contributed by atoms with van der Waals surface area (Å²) >= 11 is 1.66. The molecule has 1 N–H and O–H groups in total. The quantitative estimate of drug-likeness (QED) is 0.916. The molecule has 18 heavy (non-hydrogen) atoms. The third-order valence-electron chi connectivity index (χ3n) is 3.19. The zero-order valence-corrected chi connectivity index (χ0v) is 11.6. The fourth-order valence-corrected chi connectivity index (χ4v) is 2.75. The molecule has 4 nitrogen and oxygen atoms in total. The summed E-state index contributed by atoms with van der Waals surface area (Å²) in [5.74, 6) is -0.0136. The van der Waals surface area contributed by atoms with Gasteiger partial charge in [0.1, 0.15) is 0 Å². The smallest absolute Gasteiger partial charge is 0.216 e. The number of aryl methyl sites for hydroxylation is 1. The van der Waals surface area contributed by atoms with E-state index in [0.29, 0.717) is 6.54 Å². The minimum atomic E-state index is -0.236. The first-order valence-electron chi connectivity index (χ1n) is 5.78. The van der Waals surface area contributed by atoms with Crippen molar-refractivity contribution < 1.29 is 4.79 Å². The SMILES string of the molecule is CC(=O)NCC(C)(c1ccsc1)c1cnn(C)c1. The third kappa shape index (κ3) is 2.46. The van der Waals surface area contributed by atoms with Crippen molar-refractivity contribution in [2.45, 2.75) is 19.3 Å². The summed E-state index contributed by atoms with van der Waals surface area (Å²) in [7, 11) is 1.90. The van der Waals surface area contributed by atoms with Crippen LogP contribution in [0.2, 0.25) is 0 Å². The zero-order valence-electron chi connectivity index (χ0n) is 10.8. The fraction of sp³-hybridized carbons (Fsp3) is 0.385. The lowest BCUT2D eigenvalue weighted by molar-refractivity contribution is -0.119. The fourth-order valence-electron chi connectivity index (χ4n) is 1.96. The number of hydrogen-bond acceptors (Lipinski definition) is 3. The van der Waals surface area contributed by atoms with Gasteiger partial charge >= 0.3 is 0 Å².